The molecule has 4 rings (SSSR count). The first-order valence-corrected chi connectivity index (χ1v) is 9.32. The van der Waals surface area contributed by atoms with Crippen LogP contribution in [0.2, 0.25) is 0 Å². The molecule has 1 N–H and O–H groups in total. The first-order chi connectivity index (χ1) is 13.1. The molecule has 2 aromatic carbocycles. The van der Waals surface area contributed by atoms with E-state index < -0.39 is 0 Å². The van der Waals surface area contributed by atoms with Crippen LogP contribution in [0.4, 0.5) is 5.69 Å². The Bertz CT molecular complexity index is 929. The van der Waals surface area contributed by atoms with E-state index in [-0.39, 0.29) is 11.9 Å². The van der Waals surface area contributed by atoms with Crippen molar-refractivity contribution in [3.05, 3.63) is 72.2 Å². The number of carbonyl (C=O) groups excluding carboxylic acids is 1. The maximum absolute atomic E-state index is 12.7. The second kappa shape index (κ2) is 7.27. The lowest BCUT2D eigenvalue weighted by Gasteiger charge is -2.26. The minimum Gasteiger partial charge on any atom is -0.378 e. The zero-order chi connectivity index (χ0) is 18.8. The van der Waals surface area contributed by atoms with Crippen molar-refractivity contribution < 1.29 is 4.79 Å². The number of benzene rings is 2. The smallest absolute Gasteiger partial charge is 0.251 e. The first kappa shape index (κ1) is 17.3. The number of hydrogen-bond acceptors (Lipinski definition) is 3. The van der Waals surface area contributed by atoms with E-state index in [1.54, 1.807) is 0 Å². The minimum atomic E-state index is -0.0378. The van der Waals surface area contributed by atoms with Crippen molar-refractivity contribution in [2.75, 3.05) is 19.0 Å². The summed E-state index contributed by atoms with van der Waals surface area (Å²) in [7, 11) is 4.06. The molecule has 1 aliphatic rings. The highest BCUT2D eigenvalue weighted by molar-refractivity contribution is 5.94. The zero-order valence-electron chi connectivity index (χ0n) is 15.7. The zero-order valence-corrected chi connectivity index (χ0v) is 15.7. The lowest BCUT2D eigenvalue weighted by Crippen LogP contribution is -2.32. The van der Waals surface area contributed by atoms with Crippen molar-refractivity contribution in [3.8, 4) is 11.3 Å². The van der Waals surface area contributed by atoms with Crippen LogP contribution in [0.3, 0.4) is 0 Å². The van der Waals surface area contributed by atoms with E-state index in [2.05, 4.69) is 44.0 Å². The number of aromatic nitrogens is 2. The highest BCUT2D eigenvalue weighted by Crippen LogP contribution is 2.34. The standard InChI is InChI=1S/C22H24N4O/c1-25(2)18-12-10-16(11-13-18)20-21-19(9-6-14-26(21)15-23-20)24-22(27)17-7-4-3-5-8-17/h3-5,7-8,10-13,15,19H,6,9,14H2,1-2H3,(H,24,27)/t19-/m1/s1. The summed E-state index contributed by atoms with van der Waals surface area (Å²) in [5.74, 6) is -0.0378. The van der Waals surface area contributed by atoms with Crippen LogP contribution >= 0.6 is 0 Å². The van der Waals surface area contributed by atoms with Crippen molar-refractivity contribution >= 4 is 11.6 Å². The average Bonchev–Trinajstić information content (AvgIpc) is 3.14. The summed E-state index contributed by atoms with van der Waals surface area (Å²) in [4.78, 5) is 19.4. The number of hydrogen-bond donors (Lipinski definition) is 1. The summed E-state index contributed by atoms with van der Waals surface area (Å²) >= 11 is 0. The van der Waals surface area contributed by atoms with Gasteiger partial charge >= 0.3 is 0 Å². The summed E-state index contributed by atoms with van der Waals surface area (Å²) < 4.78 is 2.18. The largest absolute Gasteiger partial charge is 0.378 e. The van der Waals surface area contributed by atoms with Crippen LogP contribution in [0, 0.1) is 0 Å². The molecule has 1 amide bonds. The molecule has 0 aliphatic carbocycles. The second-order valence-corrected chi connectivity index (χ2v) is 7.15. The molecular weight excluding hydrogens is 336 g/mol. The van der Waals surface area contributed by atoms with Gasteiger partial charge in [-0.15, -0.1) is 0 Å². The van der Waals surface area contributed by atoms with E-state index in [1.165, 1.54) is 0 Å². The van der Waals surface area contributed by atoms with Crippen LogP contribution < -0.4 is 10.2 Å². The van der Waals surface area contributed by atoms with Gasteiger partial charge in [0.05, 0.1) is 23.8 Å². The van der Waals surface area contributed by atoms with Gasteiger partial charge in [-0.25, -0.2) is 4.98 Å². The maximum atomic E-state index is 12.7. The summed E-state index contributed by atoms with van der Waals surface area (Å²) in [6, 6.07) is 17.7. The lowest BCUT2D eigenvalue weighted by atomic mass is 9.98. The van der Waals surface area contributed by atoms with Crippen LogP contribution in [-0.4, -0.2) is 29.6 Å². The highest BCUT2D eigenvalue weighted by atomic mass is 16.1. The number of anilines is 1. The van der Waals surface area contributed by atoms with E-state index >= 15 is 0 Å². The van der Waals surface area contributed by atoms with Crippen LogP contribution in [-0.2, 0) is 6.54 Å². The van der Waals surface area contributed by atoms with Crippen LogP contribution in [0.25, 0.3) is 11.3 Å². The quantitative estimate of drug-likeness (QED) is 0.768. The molecule has 1 aliphatic heterocycles. The fraction of sp³-hybridized carbons (Fsp3) is 0.273. The van der Waals surface area contributed by atoms with Gasteiger partial charge in [0, 0.05) is 37.5 Å². The van der Waals surface area contributed by atoms with Crippen LogP contribution in [0.15, 0.2) is 60.9 Å². The average molecular weight is 360 g/mol. The third-order valence-electron chi connectivity index (χ3n) is 5.10. The molecule has 0 fully saturated rings. The van der Waals surface area contributed by atoms with E-state index in [0.29, 0.717) is 5.56 Å². The Labute approximate surface area is 159 Å². The Hall–Kier alpha value is -3.08. The Kier molecular flexibility index (Phi) is 4.67. The van der Waals surface area contributed by atoms with E-state index in [4.69, 9.17) is 0 Å². The molecule has 5 nitrogen and oxygen atoms in total. The fourth-order valence-corrected chi connectivity index (χ4v) is 3.65. The Morgan fingerprint density at radius 3 is 2.56 bits per heavy atom. The molecule has 0 saturated carbocycles. The topological polar surface area (TPSA) is 50.2 Å². The molecule has 1 atom stereocenters. The number of nitrogens with one attached hydrogen (secondary N) is 1. The van der Waals surface area contributed by atoms with Crippen molar-refractivity contribution in [3.63, 3.8) is 0 Å². The Balaban J connectivity index is 1.64. The molecule has 0 unspecified atom stereocenters. The Morgan fingerprint density at radius 2 is 1.85 bits per heavy atom. The third kappa shape index (κ3) is 3.45. The number of fused-ring (bicyclic) bond motifs is 1. The van der Waals surface area contributed by atoms with Crippen LogP contribution in [0.5, 0.6) is 0 Å². The normalized spacial score (nSPS) is 15.9. The van der Waals surface area contributed by atoms with Gasteiger partial charge in [-0.2, -0.15) is 0 Å². The van der Waals surface area contributed by atoms with Gasteiger partial charge < -0.3 is 14.8 Å². The van der Waals surface area contributed by atoms with E-state index in [1.807, 2.05) is 50.8 Å². The predicted octanol–water partition coefficient (Wildman–Crippen LogP) is 3.88. The molecule has 27 heavy (non-hydrogen) atoms. The number of rotatable bonds is 4. The number of carbonyl (C=O) groups is 1. The molecule has 2 heterocycles. The molecule has 1 aromatic heterocycles. The number of nitrogens with zero attached hydrogens (tertiary/aromatic N) is 3. The molecule has 0 bridgehead atoms. The fourth-order valence-electron chi connectivity index (χ4n) is 3.65. The van der Waals surface area contributed by atoms with Crippen molar-refractivity contribution in [2.24, 2.45) is 0 Å². The monoisotopic (exact) mass is 360 g/mol. The molecule has 5 heteroatoms. The summed E-state index contributed by atoms with van der Waals surface area (Å²) in [5, 5.41) is 3.21. The molecule has 0 saturated heterocycles. The molecular formula is C22H24N4O. The number of imidazole rings is 1. The predicted molar refractivity (Wildman–Crippen MR) is 108 cm³/mol. The van der Waals surface area contributed by atoms with Gasteiger partial charge in [0.25, 0.3) is 5.91 Å². The van der Waals surface area contributed by atoms with Gasteiger partial charge in [0.1, 0.15) is 0 Å². The van der Waals surface area contributed by atoms with Gasteiger partial charge in [-0.3, -0.25) is 4.79 Å². The van der Waals surface area contributed by atoms with Gasteiger partial charge in [0.15, 0.2) is 0 Å². The van der Waals surface area contributed by atoms with E-state index in [0.717, 1.165) is 42.0 Å². The van der Waals surface area contributed by atoms with E-state index in [9.17, 15) is 4.79 Å². The Morgan fingerprint density at radius 1 is 1.11 bits per heavy atom. The highest BCUT2D eigenvalue weighted by Gasteiger charge is 2.27. The summed E-state index contributed by atoms with van der Waals surface area (Å²) in [6.45, 7) is 0.940. The number of amides is 1. The first-order valence-electron chi connectivity index (χ1n) is 9.32. The minimum absolute atomic E-state index is 0.0301. The molecule has 0 spiro atoms. The molecule has 3 aromatic rings. The molecule has 138 valence electrons. The van der Waals surface area contributed by atoms with Gasteiger partial charge in [0.2, 0.25) is 0 Å². The number of aryl methyl sites for hydroxylation is 1. The third-order valence-corrected chi connectivity index (χ3v) is 5.10. The summed E-state index contributed by atoms with van der Waals surface area (Å²) in [5.41, 5.74) is 4.98. The van der Waals surface area contributed by atoms with Crippen molar-refractivity contribution in [1.82, 2.24) is 14.9 Å². The SMILES string of the molecule is CN(C)c1ccc(-c2ncn3c2[C@H](NC(=O)c2ccccc2)CCC3)cc1. The van der Waals surface area contributed by atoms with Gasteiger partial charge in [-0.05, 0) is 37.1 Å². The lowest BCUT2D eigenvalue weighted by molar-refractivity contribution is 0.0929. The second-order valence-electron chi connectivity index (χ2n) is 7.15. The maximum Gasteiger partial charge on any atom is 0.251 e. The van der Waals surface area contributed by atoms with Crippen molar-refractivity contribution in [1.29, 1.82) is 0 Å². The summed E-state index contributed by atoms with van der Waals surface area (Å²) in [6.07, 6.45) is 3.85. The van der Waals surface area contributed by atoms with Crippen LogP contribution in [0.1, 0.15) is 34.9 Å². The van der Waals surface area contributed by atoms with Crippen molar-refractivity contribution in [2.45, 2.75) is 25.4 Å². The van der Waals surface area contributed by atoms with Gasteiger partial charge in [-0.1, -0.05) is 30.3 Å². The molecule has 0 radical (unpaired) electrons.